The van der Waals surface area contributed by atoms with Gasteiger partial charge in [0.2, 0.25) is 0 Å². The van der Waals surface area contributed by atoms with Crippen LogP contribution in [0.25, 0.3) is 0 Å². The second kappa shape index (κ2) is 7.92. The average Bonchev–Trinajstić information content (AvgIpc) is 2.36. The lowest BCUT2D eigenvalue weighted by molar-refractivity contribution is 0.108. The van der Waals surface area contributed by atoms with Crippen molar-refractivity contribution in [1.82, 2.24) is 0 Å². The van der Waals surface area contributed by atoms with Gasteiger partial charge in [0.15, 0.2) is 11.5 Å². The van der Waals surface area contributed by atoms with E-state index in [0.717, 1.165) is 17.1 Å². The smallest absolute Gasteiger partial charge is 0.161 e. The largest absolute Gasteiger partial charge is 0.490 e. The Morgan fingerprint density at radius 2 is 1.82 bits per heavy atom. The summed E-state index contributed by atoms with van der Waals surface area (Å²) in [5.74, 6) is 1.48. The van der Waals surface area contributed by atoms with Gasteiger partial charge in [-0.2, -0.15) is 0 Å². The third-order valence-electron chi connectivity index (χ3n) is 2.23. The van der Waals surface area contributed by atoms with Crippen LogP contribution in [0.4, 0.5) is 0 Å². The molecule has 0 amide bonds. The van der Waals surface area contributed by atoms with E-state index in [1.54, 1.807) is 0 Å². The minimum Gasteiger partial charge on any atom is -0.490 e. The lowest BCUT2D eigenvalue weighted by Crippen LogP contribution is -2.08. The molecule has 0 fully saturated rings. The van der Waals surface area contributed by atoms with E-state index in [0.29, 0.717) is 33.0 Å². The predicted molar refractivity (Wildman–Crippen MR) is 67.5 cm³/mol. The monoisotopic (exact) mass is 239 g/mol. The van der Waals surface area contributed by atoms with E-state index in [-0.39, 0.29) is 0 Å². The fraction of sp³-hybridized carbons (Fsp3) is 0.538. The summed E-state index contributed by atoms with van der Waals surface area (Å²) < 4.78 is 16.3. The van der Waals surface area contributed by atoms with Crippen LogP contribution in [0.5, 0.6) is 11.5 Å². The summed E-state index contributed by atoms with van der Waals surface area (Å²) in [5.41, 5.74) is 6.62. The first-order chi connectivity index (χ1) is 8.31. The Labute approximate surface area is 103 Å². The van der Waals surface area contributed by atoms with Gasteiger partial charge in [-0.15, -0.1) is 0 Å². The SMILES string of the molecule is CCOCCOc1ccc(CN)cc1OCC. The Bertz CT molecular complexity index is 328. The van der Waals surface area contributed by atoms with E-state index in [4.69, 9.17) is 19.9 Å². The zero-order valence-electron chi connectivity index (χ0n) is 10.6. The molecule has 0 spiro atoms. The minimum atomic E-state index is 0.499. The lowest BCUT2D eigenvalue weighted by Gasteiger charge is -2.12. The Balaban J connectivity index is 2.62. The second-order valence-electron chi connectivity index (χ2n) is 3.46. The normalized spacial score (nSPS) is 10.3. The highest BCUT2D eigenvalue weighted by molar-refractivity contribution is 5.43. The van der Waals surface area contributed by atoms with Crippen molar-refractivity contribution in [3.63, 3.8) is 0 Å². The van der Waals surface area contributed by atoms with E-state index >= 15 is 0 Å². The maximum absolute atomic E-state index is 5.60. The molecule has 17 heavy (non-hydrogen) atoms. The maximum Gasteiger partial charge on any atom is 0.161 e. The first kappa shape index (κ1) is 13.8. The van der Waals surface area contributed by atoms with Gasteiger partial charge in [-0.3, -0.25) is 0 Å². The zero-order valence-corrected chi connectivity index (χ0v) is 10.6. The van der Waals surface area contributed by atoms with Crippen molar-refractivity contribution in [2.45, 2.75) is 20.4 Å². The molecular weight excluding hydrogens is 218 g/mol. The molecule has 0 aliphatic heterocycles. The molecule has 0 unspecified atom stereocenters. The number of rotatable bonds is 8. The summed E-state index contributed by atoms with van der Waals surface area (Å²) in [6.45, 7) is 6.82. The van der Waals surface area contributed by atoms with Crippen LogP contribution in [0.1, 0.15) is 19.4 Å². The van der Waals surface area contributed by atoms with Crippen LogP contribution < -0.4 is 15.2 Å². The molecule has 0 radical (unpaired) electrons. The van der Waals surface area contributed by atoms with Crippen LogP contribution in [-0.4, -0.2) is 26.4 Å². The molecule has 1 rings (SSSR count). The Morgan fingerprint density at radius 1 is 1.00 bits per heavy atom. The van der Waals surface area contributed by atoms with Crippen LogP contribution in [0.3, 0.4) is 0 Å². The van der Waals surface area contributed by atoms with Crippen molar-refractivity contribution >= 4 is 0 Å². The van der Waals surface area contributed by atoms with Gasteiger partial charge in [0.05, 0.1) is 13.2 Å². The summed E-state index contributed by atoms with van der Waals surface area (Å²) in [7, 11) is 0. The molecule has 0 heterocycles. The van der Waals surface area contributed by atoms with Crippen LogP contribution >= 0.6 is 0 Å². The number of hydrogen-bond acceptors (Lipinski definition) is 4. The topological polar surface area (TPSA) is 53.7 Å². The Kier molecular flexibility index (Phi) is 6.43. The number of ether oxygens (including phenoxy) is 3. The highest BCUT2D eigenvalue weighted by Gasteiger charge is 2.05. The number of benzene rings is 1. The van der Waals surface area contributed by atoms with E-state index in [1.165, 1.54) is 0 Å². The Hall–Kier alpha value is -1.26. The standard InChI is InChI=1S/C13H21NO3/c1-3-15-7-8-17-12-6-5-11(10-14)9-13(12)16-4-2/h5-6,9H,3-4,7-8,10,14H2,1-2H3. The lowest BCUT2D eigenvalue weighted by atomic mass is 10.2. The van der Waals surface area contributed by atoms with Crippen molar-refractivity contribution in [1.29, 1.82) is 0 Å². The van der Waals surface area contributed by atoms with Gasteiger partial charge in [0, 0.05) is 13.2 Å². The van der Waals surface area contributed by atoms with Gasteiger partial charge in [-0.1, -0.05) is 6.07 Å². The summed E-state index contributed by atoms with van der Waals surface area (Å²) in [6.07, 6.45) is 0. The van der Waals surface area contributed by atoms with Crippen LogP contribution in [0, 0.1) is 0 Å². The molecule has 4 nitrogen and oxygen atoms in total. The quantitative estimate of drug-likeness (QED) is 0.705. The predicted octanol–water partition coefficient (Wildman–Crippen LogP) is 1.96. The average molecular weight is 239 g/mol. The van der Waals surface area contributed by atoms with Crippen molar-refractivity contribution < 1.29 is 14.2 Å². The van der Waals surface area contributed by atoms with Crippen LogP contribution in [-0.2, 0) is 11.3 Å². The van der Waals surface area contributed by atoms with Gasteiger partial charge < -0.3 is 19.9 Å². The molecule has 0 aromatic heterocycles. The van der Waals surface area contributed by atoms with E-state index in [2.05, 4.69) is 0 Å². The highest BCUT2D eigenvalue weighted by atomic mass is 16.5. The summed E-state index contributed by atoms with van der Waals surface area (Å²) in [6, 6.07) is 5.75. The summed E-state index contributed by atoms with van der Waals surface area (Å²) >= 11 is 0. The summed E-state index contributed by atoms with van der Waals surface area (Å²) in [4.78, 5) is 0. The van der Waals surface area contributed by atoms with Crippen molar-refractivity contribution in [3.05, 3.63) is 23.8 Å². The molecule has 0 aliphatic rings. The number of hydrogen-bond donors (Lipinski definition) is 1. The van der Waals surface area contributed by atoms with Crippen molar-refractivity contribution in [2.75, 3.05) is 26.4 Å². The Morgan fingerprint density at radius 3 is 2.47 bits per heavy atom. The first-order valence-electron chi connectivity index (χ1n) is 5.98. The van der Waals surface area contributed by atoms with E-state index < -0.39 is 0 Å². The van der Waals surface area contributed by atoms with Crippen molar-refractivity contribution in [3.8, 4) is 11.5 Å². The molecule has 0 bridgehead atoms. The molecular formula is C13H21NO3. The molecule has 0 saturated carbocycles. The molecule has 0 atom stereocenters. The van der Waals surface area contributed by atoms with Crippen LogP contribution in [0.2, 0.25) is 0 Å². The molecule has 1 aromatic carbocycles. The summed E-state index contributed by atoms with van der Waals surface area (Å²) in [5, 5.41) is 0. The van der Waals surface area contributed by atoms with Gasteiger partial charge in [0.25, 0.3) is 0 Å². The minimum absolute atomic E-state index is 0.499. The van der Waals surface area contributed by atoms with E-state index in [9.17, 15) is 0 Å². The maximum atomic E-state index is 5.60. The molecule has 0 saturated heterocycles. The molecule has 0 aliphatic carbocycles. The second-order valence-corrected chi connectivity index (χ2v) is 3.46. The fourth-order valence-corrected chi connectivity index (χ4v) is 1.42. The first-order valence-corrected chi connectivity index (χ1v) is 5.98. The number of nitrogens with two attached hydrogens (primary N) is 1. The molecule has 1 aromatic rings. The zero-order chi connectivity index (χ0) is 12.5. The third-order valence-corrected chi connectivity index (χ3v) is 2.23. The van der Waals surface area contributed by atoms with Gasteiger partial charge in [-0.05, 0) is 31.5 Å². The van der Waals surface area contributed by atoms with Crippen LogP contribution in [0.15, 0.2) is 18.2 Å². The van der Waals surface area contributed by atoms with Gasteiger partial charge in [0.1, 0.15) is 6.61 Å². The molecule has 4 heteroatoms. The van der Waals surface area contributed by atoms with Crippen molar-refractivity contribution in [2.24, 2.45) is 5.73 Å². The third kappa shape index (κ3) is 4.63. The molecule has 2 N–H and O–H groups in total. The fourth-order valence-electron chi connectivity index (χ4n) is 1.42. The highest BCUT2D eigenvalue weighted by Crippen LogP contribution is 2.28. The van der Waals surface area contributed by atoms with Gasteiger partial charge in [-0.25, -0.2) is 0 Å². The molecule has 96 valence electrons. The van der Waals surface area contributed by atoms with E-state index in [1.807, 2.05) is 32.0 Å². The van der Waals surface area contributed by atoms with Gasteiger partial charge >= 0.3 is 0 Å².